The van der Waals surface area contributed by atoms with Crippen molar-refractivity contribution in [1.82, 2.24) is 14.9 Å². The molecule has 0 aliphatic carbocycles. The lowest BCUT2D eigenvalue weighted by Gasteiger charge is -2.20. The predicted octanol–water partition coefficient (Wildman–Crippen LogP) is 3.99. The maximum Gasteiger partial charge on any atom is 0.320 e. The van der Waals surface area contributed by atoms with Crippen molar-refractivity contribution in [2.24, 2.45) is 7.05 Å². The molecule has 0 saturated carbocycles. The standard InChI is InChI=1S/C19H19ClN4O2/c1-24-12-11-21-18(24)17(13-3-9-16(26-2)10-4-13)23-19(25)22-15-7-5-14(20)6-8-15/h3-12,17H,1-2H3,(H2,22,23,25)/t17-/m1/s1. The van der Waals surface area contributed by atoms with Crippen LogP contribution in [0.1, 0.15) is 17.4 Å². The maximum absolute atomic E-state index is 12.5. The molecule has 2 N–H and O–H groups in total. The summed E-state index contributed by atoms with van der Waals surface area (Å²) >= 11 is 5.87. The molecule has 1 atom stereocenters. The highest BCUT2D eigenvalue weighted by Gasteiger charge is 2.21. The number of ether oxygens (including phenoxy) is 1. The number of carbonyl (C=O) groups excluding carboxylic acids is 1. The zero-order valence-corrected chi connectivity index (χ0v) is 15.2. The van der Waals surface area contributed by atoms with E-state index in [1.54, 1.807) is 37.6 Å². The van der Waals surface area contributed by atoms with Gasteiger partial charge in [-0.05, 0) is 42.0 Å². The first-order valence-corrected chi connectivity index (χ1v) is 8.39. The second-order valence-corrected chi connectivity index (χ2v) is 6.14. The Kier molecular flexibility index (Phi) is 5.43. The summed E-state index contributed by atoms with van der Waals surface area (Å²) in [6, 6.07) is 13.7. The molecule has 134 valence electrons. The van der Waals surface area contributed by atoms with Crippen molar-refractivity contribution in [3.63, 3.8) is 0 Å². The Bertz CT molecular complexity index is 875. The number of amides is 2. The number of nitrogens with zero attached hydrogens (tertiary/aromatic N) is 2. The molecule has 3 rings (SSSR count). The molecule has 0 spiro atoms. The summed E-state index contributed by atoms with van der Waals surface area (Å²) in [6.45, 7) is 0. The zero-order valence-electron chi connectivity index (χ0n) is 14.4. The summed E-state index contributed by atoms with van der Waals surface area (Å²) in [7, 11) is 3.50. The van der Waals surface area contributed by atoms with Crippen LogP contribution >= 0.6 is 11.6 Å². The van der Waals surface area contributed by atoms with Gasteiger partial charge in [0.2, 0.25) is 0 Å². The number of carbonyl (C=O) groups is 1. The monoisotopic (exact) mass is 370 g/mol. The second kappa shape index (κ2) is 7.93. The molecule has 0 aliphatic heterocycles. The van der Waals surface area contributed by atoms with Crippen molar-refractivity contribution in [3.8, 4) is 5.75 Å². The number of halogens is 1. The highest BCUT2D eigenvalue weighted by atomic mass is 35.5. The van der Waals surface area contributed by atoms with E-state index in [0.717, 1.165) is 17.1 Å². The predicted molar refractivity (Wildman–Crippen MR) is 102 cm³/mol. The highest BCUT2D eigenvalue weighted by molar-refractivity contribution is 6.30. The van der Waals surface area contributed by atoms with E-state index in [0.29, 0.717) is 10.7 Å². The number of hydrogen-bond donors (Lipinski definition) is 2. The van der Waals surface area contributed by atoms with Gasteiger partial charge in [-0.15, -0.1) is 0 Å². The van der Waals surface area contributed by atoms with Gasteiger partial charge in [0.1, 0.15) is 17.6 Å². The minimum absolute atomic E-state index is 0.337. The largest absolute Gasteiger partial charge is 0.497 e. The number of methoxy groups -OCH3 is 1. The van der Waals surface area contributed by atoms with Crippen molar-refractivity contribution < 1.29 is 9.53 Å². The normalized spacial score (nSPS) is 11.7. The second-order valence-electron chi connectivity index (χ2n) is 5.71. The Labute approximate surface area is 156 Å². The van der Waals surface area contributed by atoms with Crippen LogP contribution in [0.4, 0.5) is 10.5 Å². The van der Waals surface area contributed by atoms with Gasteiger partial charge in [-0.1, -0.05) is 23.7 Å². The fraction of sp³-hybridized carbons (Fsp3) is 0.158. The van der Waals surface area contributed by atoms with Gasteiger partial charge in [0.05, 0.1) is 7.11 Å². The number of urea groups is 1. The summed E-state index contributed by atoms with van der Waals surface area (Å²) in [4.78, 5) is 16.9. The third-order valence-corrected chi connectivity index (χ3v) is 4.20. The van der Waals surface area contributed by atoms with Crippen LogP contribution in [0.2, 0.25) is 5.02 Å². The van der Waals surface area contributed by atoms with Crippen LogP contribution in [0.25, 0.3) is 0 Å². The summed E-state index contributed by atoms with van der Waals surface area (Å²) in [5, 5.41) is 6.38. The van der Waals surface area contributed by atoms with Gasteiger partial charge in [0.15, 0.2) is 0 Å². The Morgan fingerprint density at radius 3 is 2.42 bits per heavy atom. The third-order valence-electron chi connectivity index (χ3n) is 3.94. The molecule has 2 amide bonds. The Balaban J connectivity index is 1.82. The smallest absolute Gasteiger partial charge is 0.320 e. The Morgan fingerprint density at radius 1 is 1.15 bits per heavy atom. The molecule has 2 aromatic carbocycles. The molecule has 3 aromatic rings. The van der Waals surface area contributed by atoms with Gasteiger partial charge in [0.25, 0.3) is 0 Å². The summed E-state index contributed by atoms with van der Waals surface area (Å²) < 4.78 is 7.07. The summed E-state index contributed by atoms with van der Waals surface area (Å²) in [6.07, 6.45) is 3.54. The van der Waals surface area contributed by atoms with Gasteiger partial charge in [0, 0.05) is 30.2 Å². The van der Waals surface area contributed by atoms with Crippen LogP contribution in [0, 0.1) is 0 Å². The quantitative estimate of drug-likeness (QED) is 0.713. The zero-order chi connectivity index (χ0) is 18.5. The molecule has 7 heteroatoms. The van der Waals surface area contributed by atoms with Crippen molar-refractivity contribution >= 4 is 23.3 Å². The first-order chi connectivity index (χ1) is 12.6. The number of aromatic nitrogens is 2. The van der Waals surface area contributed by atoms with E-state index in [4.69, 9.17) is 16.3 Å². The van der Waals surface area contributed by atoms with Crippen LogP contribution in [-0.4, -0.2) is 22.7 Å². The number of imidazole rings is 1. The van der Waals surface area contributed by atoms with Crippen LogP contribution < -0.4 is 15.4 Å². The average molecular weight is 371 g/mol. The first kappa shape index (κ1) is 17.8. The van der Waals surface area contributed by atoms with E-state index in [2.05, 4.69) is 15.6 Å². The molecule has 26 heavy (non-hydrogen) atoms. The highest BCUT2D eigenvalue weighted by Crippen LogP contribution is 2.23. The summed E-state index contributed by atoms with van der Waals surface area (Å²) in [5.74, 6) is 1.47. The molecule has 1 heterocycles. The van der Waals surface area contributed by atoms with Crippen LogP contribution in [0.3, 0.4) is 0 Å². The number of nitrogens with one attached hydrogen (secondary N) is 2. The molecular weight excluding hydrogens is 352 g/mol. The lowest BCUT2D eigenvalue weighted by Crippen LogP contribution is -2.34. The first-order valence-electron chi connectivity index (χ1n) is 8.01. The molecule has 1 aromatic heterocycles. The number of aryl methyl sites for hydroxylation is 1. The van der Waals surface area contributed by atoms with E-state index in [9.17, 15) is 4.79 Å². The van der Waals surface area contributed by atoms with Crippen LogP contribution in [0.5, 0.6) is 5.75 Å². The van der Waals surface area contributed by atoms with Gasteiger partial charge in [-0.3, -0.25) is 0 Å². The molecule has 0 fully saturated rings. The summed E-state index contributed by atoms with van der Waals surface area (Å²) in [5.41, 5.74) is 1.55. The Hall–Kier alpha value is -2.99. The van der Waals surface area contributed by atoms with Crippen molar-refractivity contribution in [2.75, 3.05) is 12.4 Å². The third kappa shape index (κ3) is 4.15. The molecule has 0 aliphatic rings. The van der Waals surface area contributed by atoms with E-state index >= 15 is 0 Å². The Morgan fingerprint density at radius 2 is 1.85 bits per heavy atom. The number of anilines is 1. The minimum Gasteiger partial charge on any atom is -0.497 e. The van der Waals surface area contributed by atoms with Gasteiger partial charge >= 0.3 is 6.03 Å². The van der Waals surface area contributed by atoms with E-state index in [-0.39, 0.29) is 6.03 Å². The molecule has 6 nitrogen and oxygen atoms in total. The lowest BCUT2D eigenvalue weighted by molar-refractivity contribution is 0.249. The number of rotatable bonds is 5. The van der Waals surface area contributed by atoms with Gasteiger partial charge in [-0.2, -0.15) is 0 Å². The average Bonchev–Trinajstić information content (AvgIpc) is 3.07. The van der Waals surface area contributed by atoms with Crippen molar-refractivity contribution in [2.45, 2.75) is 6.04 Å². The maximum atomic E-state index is 12.5. The van der Waals surface area contributed by atoms with Gasteiger partial charge < -0.3 is 19.9 Å². The number of hydrogen-bond acceptors (Lipinski definition) is 3. The minimum atomic E-state index is -0.409. The fourth-order valence-electron chi connectivity index (χ4n) is 2.58. The van der Waals surface area contributed by atoms with Crippen LogP contribution in [-0.2, 0) is 7.05 Å². The van der Waals surface area contributed by atoms with Crippen LogP contribution in [0.15, 0.2) is 60.9 Å². The topological polar surface area (TPSA) is 68.2 Å². The van der Waals surface area contributed by atoms with E-state index in [1.807, 2.05) is 42.1 Å². The van der Waals surface area contributed by atoms with Crippen molar-refractivity contribution in [1.29, 1.82) is 0 Å². The molecular formula is C19H19ClN4O2. The van der Waals surface area contributed by atoms with Crippen molar-refractivity contribution in [3.05, 3.63) is 77.3 Å². The lowest BCUT2D eigenvalue weighted by atomic mass is 10.1. The molecule has 0 unspecified atom stereocenters. The fourth-order valence-corrected chi connectivity index (χ4v) is 2.71. The van der Waals surface area contributed by atoms with Gasteiger partial charge in [-0.25, -0.2) is 9.78 Å². The number of benzene rings is 2. The molecule has 0 saturated heterocycles. The molecule has 0 bridgehead atoms. The van der Waals surface area contributed by atoms with E-state index in [1.165, 1.54) is 0 Å². The SMILES string of the molecule is COc1ccc([C@@H](NC(=O)Nc2ccc(Cl)cc2)c2nccn2C)cc1. The van der Waals surface area contributed by atoms with E-state index < -0.39 is 6.04 Å². The molecule has 0 radical (unpaired) electrons.